The van der Waals surface area contributed by atoms with Crippen LogP contribution in [-0.4, -0.2) is 0 Å². The topological polar surface area (TPSA) is 0 Å². The second-order valence-electron chi connectivity index (χ2n) is 3.20. The maximum absolute atomic E-state index is 2.53. The molecule has 66 valence electrons. The van der Waals surface area contributed by atoms with Crippen molar-refractivity contribution in [3.05, 3.63) is 35.9 Å². The largest absolute Gasteiger partial charge is 0.0771 e. The lowest BCUT2D eigenvalue weighted by Gasteiger charge is -2.16. The lowest BCUT2D eigenvalue weighted by molar-refractivity contribution is 0.564. The number of hydrogen-bond acceptors (Lipinski definition) is 0. The Morgan fingerprint density at radius 2 is 1.83 bits per heavy atom. The quantitative estimate of drug-likeness (QED) is 0.572. The van der Waals surface area contributed by atoms with Crippen LogP contribution in [0.5, 0.6) is 0 Å². The van der Waals surface area contributed by atoms with Gasteiger partial charge in [0.2, 0.25) is 0 Å². The van der Waals surface area contributed by atoms with Gasteiger partial charge in [0.25, 0.3) is 0 Å². The van der Waals surface area contributed by atoms with E-state index in [0.717, 1.165) is 5.92 Å². The Kier molecular flexibility index (Phi) is 4.06. The summed E-state index contributed by atoms with van der Waals surface area (Å²) in [7, 11) is 0. The number of rotatable bonds is 3. The number of benzene rings is 1. The molecule has 0 aliphatic rings. The van der Waals surface area contributed by atoms with Gasteiger partial charge < -0.3 is 0 Å². The average Bonchev–Trinajstić information content (AvgIpc) is 2.17. The third-order valence-corrected chi connectivity index (χ3v) is 4.21. The van der Waals surface area contributed by atoms with Crippen LogP contribution in [0, 0.1) is 5.92 Å². The summed E-state index contributed by atoms with van der Waals surface area (Å²) in [6.45, 7) is 4.56. The standard InChI is InChI=1S/C11H15I/c1-3-9(2)11(12)10-7-5-4-6-8-10/h4-9,11H,3H2,1-2H3. The van der Waals surface area contributed by atoms with Crippen LogP contribution in [0.25, 0.3) is 0 Å². The average molecular weight is 274 g/mol. The molecule has 0 nitrogen and oxygen atoms in total. The molecule has 0 bridgehead atoms. The zero-order valence-electron chi connectivity index (χ0n) is 7.63. The van der Waals surface area contributed by atoms with Gasteiger partial charge in [-0.2, -0.15) is 0 Å². The first-order chi connectivity index (χ1) is 5.75. The van der Waals surface area contributed by atoms with Gasteiger partial charge in [-0.05, 0) is 11.5 Å². The van der Waals surface area contributed by atoms with Crippen molar-refractivity contribution in [2.45, 2.75) is 24.2 Å². The summed E-state index contributed by atoms with van der Waals surface area (Å²) in [5.41, 5.74) is 1.45. The van der Waals surface area contributed by atoms with E-state index in [0.29, 0.717) is 3.92 Å². The van der Waals surface area contributed by atoms with Crippen LogP contribution >= 0.6 is 22.6 Å². The van der Waals surface area contributed by atoms with Gasteiger partial charge in [0, 0.05) is 3.92 Å². The number of alkyl halides is 1. The summed E-state index contributed by atoms with van der Waals surface area (Å²) < 4.78 is 0.661. The minimum atomic E-state index is 0.661. The van der Waals surface area contributed by atoms with E-state index in [1.54, 1.807) is 0 Å². The lowest BCUT2D eigenvalue weighted by atomic mass is 9.99. The molecule has 0 heterocycles. The summed E-state index contributed by atoms with van der Waals surface area (Å²) in [6.07, 6.45) is 1.25. The maximum Gasteiger partial charge on any atom is 0.0385 e. The van der Waals surface area contributed by atoms with Crippen molar-refractivity contribution < 1.29 is 0 Å². The second-order valence-corrected chi connectivity index (χ2v) is 4.54. The monoisotopic (exact) mass is 274 g/mol. The van der Waals surface area contributed by atoms with Gasteiger partial charge in [0.05, 0.1) is 0 Å². The smallest absolute Gasteiger partial charge is 0.0385 e. The Morgan fingerprint density at radius 1 is 1.25 bits per heavy atom. The van der Waals surface area contributed by atoms with Gasteiger partial charge in [-0.25, -0.2) is 0 Å². The molecule has 0 aliphatic heterocycles. The molecule has 0 aromatic heterocycles. The van der Waals surface area contributed by atoms with Crippen molar-refractivity contribution in [2.75, 3.05) is 0 Å². The highest BCUT2D eigenvalue weighted by atomic mass is 127. The fraction of sp³-hybridized carbons (Fsp3) is 0.455. The third-order valence-electron chi connectivity index (χ3n) is 2.26. The first-order valence-corrected chi connectivity index (χ1v) is 5.69. The highest BCUT2D eigenvalue weighted by molar-refractivity contribution is 14.1. The molecule has 0 saturated carbocycles. The Bertz CT molecular complexity index is 218. The zero-order chi connectivity index (χ0) is 8.97. The number of hydrogen-bond donors (Lipinski definition) is 0. The molecule has 0 amide bonds. The highest BCUT2D eigenvalue weighted by Gasteiger charge is 2.12. The van der Waals surface area contributed by atoms with E-state index in [9.17, 15) is 0 Å². The fourth-order valence-corrected chi connectivity index (χ4v) is 2.10. The molecule has 0 saturated heterocycles. The van der Waals surface area contributed by atoms with Crippen molar-refractivity contribution in [2.24, 2.45) is 5.92 Å². The van der Waals surface area contributed by atoms with Crippen molar-refractivity contribution in [3.8, 4) is 0 Å². The Morgan fingerprint density at radius 3 is 2.33 bits per heavy atom. The summed E-state index contributed by atoms with van der Waals surface area (Å²) in [5.74, 6) is 0.771. The van der Waals surface area contributed by atoms with E-state index >= 15 is 0 Å². The molecule has 0 fully saturated rings. The normalized spacial score (nSPS) is 15.6. The predicted octanol–water partition coefficient (Wildman–Crippen LogP) is 4.21. The summed E-state index contributed by atoms with van der Waals surface area (Å²) in [4.78, 5) is 0. The third kappa shape index (κ3) is 2.47. The maximum atomic E-state index is 2.53. The molecular weight excluding hydrogens is 259 g/mol. The molecular formula is C11H15I. The van der Waals surface area contributed by atoms with E-state index in [2.05, 4.69) is 66.8 Å². The van der Waals surface area contributed by atoms with Crippen LogP contribution in [0.1, 0.15) is 29.8 Å². The molecule has 0 aliphatic carbocycles. The van der Waals surface area contributed by atoms with Gasteiger partial charge >= 0.3 is 0 Å². The van der Waals surface area contributed by atoms with Crippen LogP contribution in [0.2, 0.25) is 0 Å². The molecule has 12 heavy (non-hydrogen) atoms. The molecule has 2 unspecified atom stereocenters. The van der Waals surface area contributed by atoms with Crippen LogP contribution in [0.3, 0.4) is 0 Å². The Hall–Kier alpha value is -0.0500. The van der Waals surface area contributed by atoms with E-state index in [1.165, 1.54) is 12.0 Å². The van der Waals surface area contributed by atoms with Gasteiger partial charge in [-0.3, -0.25) is 0 Å². The van der Waals surface area contributed by atoms with E-state index in [1.807, 2.05) is 0 Å². The molecule has 2 atom stereocenters. The molecule has 0 radical (unpaired) electrons. The first-order valence-electron chi connectivity index (χ1n) is 4.44. The van der Waals surface area contributed by atoms with Gasteiger partial charge in [0.15, 0.2) is 0 Å². The summed E-state index contributed by atoms with van der Waals surface area (Å²) >= 11 is 2.53. The van der Waals surface area contributed by atoms with E-state index in [4.69, 9.17) is 0 Å². The molecule has 1 rings (SSSR count). The van der Waals surface area contributed by atoms with Crippen molar-refractivity contribution in [1.82, 2.24) is 0 Å². The molecule has 1 heteroatoms. The SMILES string of the molecule is CCC(C)C(I)c1ccccc1. The minimum Gasteiger partial charge on any atom is -0.0771 e. The Labute approximate surface area is 88.5 Å². The first kappa shape index (κ1) is 10.0. The molecule has 0 N–H and O–H groups in total. The second kappa shape index (κ2) is 4.85. The van der Waals surface area contributed by atoms with E-state index < -0.39 is 0 Å². The van der Waals surface area contributed by atoms with Crippen molar-refractivity contribution in [1.29, 1.82) is 0 Å². The predicted molar refractivity (Wildman–Crippen MR) is 62.7 cm³/mol. The van der Waals surface area contributed by atoms with Crippen molar-refractivity contribution >= 4 is 22.6 Å². The van der Waals surface area contributed by atoms with Crippen LogP contribution in [0.4, 0.5) is 0 Å². The summed E-state index contributed by atoms with van der Waals surface area (Å²) in [6, 6.07) is 10.7. The highest BCUT2D eigenvalue weighted by Crippen LogP contribution is 2.32. The lowest BCUT2D eigenvalue weighted by Crippen LogP contribution is -2.01. The molecule has 1 aromatic carbocycles. The fourth-order valence-electron chi connectivity index (χ4n) is 1.17. The zero-order valence-corrected chi connectivity index (χ0v) is 9.78. The van der Waals surface area contributed by atoms with Crippen LogP contribution in [-0.2, 0) is 0 Å². The Balaban J connectivity index is 2.71. The van der Waals surface area contributed by atoms with E-state index in [-0.39, 0.29) is 0 Å². The molecule has 0 spiro atoms. The summed E-state index contributed by atoms with van der Waals surface area (Å²) in [5, 5.41) is 0. The van der Waals surface area contributed by atoms with Gasteiger partial charge in [-0.1, -0.05) is 73.2 Å². The van der Waals surface area contributed by atoms with Gasteiger partial charge in [0.1, 0.15) is 0 Å². The minimum absolute atomic E-state index is 0.661. The van der Waals surface area contributed by atoms with Crippen LogP contribution in [0.15, 0.2) is 30.3 Å². The van der Waals surface area contributed by atoms with Crippen molar-refractivity contribution in [3.63, 3.8) is 0 Å². The van der Waals surface area contributed by atoms with Gasteiger partial charge in [-0.15, -0.1) is 0 Å². The molecule has 1 aromatic rings. The number of halogens is 1. The van der Waals surface area contributed by atoms with Crippen LogP contribution < -0.4 is 0 Å².